The number of rotatable bonds is 9. The molecule has 0 bridgehead atoms. The molecular weight excluding hydrogens is 408 g/mol. The van der Waals surface area contributed by atoms with E-state index in [1.165, 1.54) is 11.3 Å². The predicted molar refractivity (Wildman–Crippen MR) is 115 cm³/mol. The Bertz CT molecular complexity index is 945. The van der Waals surface area contributed by atoms with E-state index in [0.717, 1.165) is 17.0 Å². The molecule has 8 heteroatoms. The summed E-state index contributed by atoms with van der Waals surface area (Å²) in [4.78, 5) is 24.2. The van der Waals surface area contributed by atoms with Crippen molar-refractivity contribution in [3.05, 3.63) is 75.2 Å². The summed E-state index contributed by atoms with van der Waals surface area (Å²) < 4.78 is 0. The molecule has 6 nitrogen and oxygen atoms in total. The maximum Gasteiger partial charge on any atom is 0.286 e. The number of aromatic nitrogens is 2. The van der Waals surface area contributed by atoms with Crippen molar-refractivity contribution in [1.29, 1.82) is 0 Å². The van der Waals surface area contributed by atoms with Crippen LogP contribution in [0.4, 0.5) is 5.69 Å². The summed E-state index contributed by atoms with van der Waals surface area (Å²) in [6.07, 6.45) is 2.44. The number of nitrogens with zero attached hydrogens (tertiary/aromatic N) is 2. The second-order valence-corrected chi connectivity index (χ2v) is 7.90. The Morgan fingerprint density at radius 2 is 1.72 bits per heavy atom. The number of anilines is 1. The zero-order chi connectivity index (χ0) is 20.5. The third-order valence-electron chi connectivity index (χ3n) is 4.14. The average Bonchev–Trinajstić information content (AvgIpc) is 3.19. The van der Waals surface area contributed by atoms with E-state index in [-0.39, 0.29) is 11.8 Å². The van der Waals surface area contributed by atoms with E-state index in [1.807, 2.05) is 54.6 Å². The first-order chi connectivity index (χ1) is 14.1. The first-order valence-electron chi connectivity index (χ1n) is 9.30. The molecule has 2 amide bonds. The number of para-hydroxylation sites is 1. The van der Waals surface area contributed by atoms with Gasteiger partial charge < -0.3 is 10.6 Å². The number of aryl methyl sites for hydroxylation is 1. The minimum atomic E-state index is -0.278. The molecule has 29 heavy (non-hydrogen) atoms. The van der Waals surface area contributed by atoms with E-state index in [4.69, 9.17) is 11.6 Å². The average molecular weight is 429 g/mol. The van der Waals surface area contributed by atoms with Crippen LogP contribution in [-0.2, 0) is 17.6 Å². The molecule has 0 aliphatic carbocycles. The molecule has 0 saturated carbocycles. The Hall–Kier alpha value is -2.77. The van der Waals surface area contributed by atoms with Crippen LogP contribution in [-0.4, -0.2) is 28.6 Å². The number of halogens is 1. The lowest BCUT2D eigenvalue weighted by atomic mass is 10.1. The molecule has 0 unspecified atom stereocenters. The van der Waals surface area contributed by atoms with E-state index in [1.54, 1.807) is 0 Å². The maximum absolute atomic E-state index is 12.2. The van der Waals surface area contributed by atoms with Crippen LogP contribution in [0.2, 0.25) is 5.02 Å². The fraction of sp³-hybridized carbons (Fsp3) is 0.238. The Morgan fingerprint density at radius 1 is 0.966 bits per heavy atom. The van der Waals surface area contributed by atoms with Crippen molar-refractivity contribution in [3.8, 4) is 0 Å². The number of hydrogen-bond donors (Lipinski definition) is 2. The quantitative estimate of drug-likeness (QED) is 0.536. The van der Waals surface area contributed by atoms with Crippen LogP contribution in [0.15, 0.2) is 54.6 Å². The van der Waals surface area contributed by atoms with Crippen LogP contribution >= 0.6 is 22.9 Å². The second-order valence-electron chi connectivity index (χ2n) is 6.40. The molecule has 2 aromatic carbocycles. The van der Waals surface area contributed by atoms with Gasteiger partial charge in [0.2, 0.25) is 10.9 Å². The fourth-order valence-electron chi connectivity index (χ4n) is 2.64. The van der Waals surface area contributed by atoms with Crippen LogP contribution in [0, 0.1) is 0 Å². The van der Waals surface area contributed by atoms with Gasteiger partial charge in [-0.05, 0) is 42.7 Å². The molecule has 1 aromatic heterocycles. The molecule has 3 rings (SSSR count). The molecule has 0 fully saturated rings. The monoisotopic (exact) mass is 428 g/mol. The van der Waals surface area contributed by atoms with Gasteiger partial charge in [-0.3, -0.25) is 9.59 Å². The van der Waals surface area contributed by atoms with Crippen LogP contribution in [0.1, 0.15) is 33.2 Å². The van der Waals surface area contributed by atoms with Crippen molar-refractivity contribution >= 4 is 40.4 Å². The molecule has 0 atom stereocenters. The summed E-state index contributed by atoms with van der Waals surface area (Å²) in [5, 5.41) is 15.5. The number of hydrogen-bond acceptors (Lipinski definition) is 5. The van der Waals surface area contributed by atoms with Gasteiger partial charge in [-0.1, -0.05) is 53.3 Å². The molecule has 0 spiro atoms. The summed E-state index contributed by atoms with van der Waals surface area (Å²) in [5.74, 6) is -0.273. The number of nitrogens with one attached hydrogen (secondary N) is 2. The molecule has 150 valence electrons. The van der Waals surface area contributed by atoms with Crippen LogP contribution in [0.3, 0.4) is 0 Å². The summed E-state index contributed by atoms with van der Waals surface area (Å²) in [7, 11) is 0. The van der Waals surface area contributed by atoms with Crippen molar-refractivity contribution in [2.45, 2.75) is 25.7 Å². The van der Waals surface area contributed by atoms with Crippen molar-refractivity contribution in [2.24, 2.45) is 0 Å². The summed E-state index contributed by atoms with van der Waals surface area (Å²) in [6, 6.07) is 16.8. The van der Waals surface area contributed by atoms with E-state index in [9.17, 15) is 9.59 Å². The number of carbonyl (C=O) groups excluding carboxylic acids is 2. The largest absolute Gasteiger partial charge is 0.356 e. The van der Waals surface area contributed by atoms with Gasteiger partial charge in [0.25, 0.3) is 5.91 Å². The van der Waals surface area contributed by atoms with Gasteiger partial charge in [0, 0.05) is 30.1 Å². The van der Waals surface area contributed by atoms with Crippen LogP contribution < -0.4 is 10.6 Å². The number of amides is 2. The lowest BCUT2D eigenvalue weighted by Crippen LogP contribution is -2.25. The molecule has 0 aliphatic heterocycles. The zero-order valence-corrected chi connectivity index (χ0v) is 17.3. The van der Waals surface area contributed by atoms with Crippen LogP contribution in [0.25, 0.3) is 0 Å². The zero-order valence-electron chi connectivity index (χ0n) is 15.7. The lowest BCUT2D eigenvalue weighted by molar-refractivity contribution is -0.121. The minimum absolute atomic E-state index is 0.00511. The Kier molecular flexibility index (Phi) is 7.72. The normalized spacial score (nSPS) is 10.5. The lowest BCUT2D eigenvalue weighted by Gasteiger charge is -2.05. The van der Waals surface area contributed by atoms with Gasteiger partial charge >= 0.3 is 0 Å². The fourth-order valence-corrected chi connectivity index (χ4v) is 3.54. The van der Waals surface area contributed by atoms with Crippen molar-refractivity contribution in [1.82, 2.24) is 15.5 Å². The standard InChI is InChI=1S/C21H21ClN4O2S/c22-16-11-9-15(10-12-16)13-14-23-18(27)7-4-8-19-25-26-21(29-19)20(28)24-17-5-2-1-3-6-17/h1-3,5-6,9-12H,4,7-8,13-14H2,(H,23,27)(H,24,28). The third-order valence-corrected chi connectivity index (χ3v) is 5.37. The second kappa shape index (κ2) is 10.7. The van der Waals surface area contributed by atoms with Crippen molar-refractivity contribution in [3.63, 3.8) is 0 Å². The topological polar surface area (TPSA) is 84.0 Å². The van der Waals surface area contributed by atoms with Gasteiger partial charge in [-0.25, -0.2) is 0 Å². The predicted octanol–water partition coefficient (Wildman–Crippen LogP) is 4.13. The van der Waals surface area contributed by atoms with Crippen LogP contribution in [0.5, 0.6) is 0 Å². The summed E-state index contributed by atoms with van der Waals surface area (Å²) >= 11 is 7.11. The Balaban J connectivity index is 1.35. The van der Waals surface area contributed by atoms with Crippen molar-refractivity contribution < 1.29 is 9.59 Å². The van der Waals surface area contributed by atoms with E-state index in [0.29, 0.717) is 41.5 Å². The Morgan fingerprint density at radius 3 is 2.48 bits per heavy atom. The van der Waals surface area contributed by atoms with Gasteiger partial charge in [0.05, 0.1) is 0 Å². The SMILES string of the molecule is O=C(CCCc1nnc(C(=O)Nc2ccccc2)s1)NCCc1ccc(Cl)cc1. The summed E-state index contributed by atoms with van der Waals surface area (Å²) in [5.41, 5.74) is 1.84. The van der Waals surface area contributed by atoms with Crippen molar-refractivity contribution in [2.75, 3.05) is 11.9 Å². The highest BCUT2D eigenvalue weighted by Gasteiger charge is 2.13. The number of carbonyl (C=O) groups is 2. The molecule has 3 aromatic rings. The summed E-state index contributed by atoms with van der Waals surface area (Å²) in [6.45, 7) is 0.586. The smallest absolute Gasteiger partial charge is 0.286 e. The van der Waals surface area contributed by atoms with Gasteiger partial charge in [0.1, 0.15) is 5.01 Å². The van der Waals surface area contributed by atoms with E-state index >= 15 is 0 Å². The van der Waals surface area contributed by atoms with E-state index in [2.05, 4.69) is 20.8 Å². The molecule has 0 radical (unpaired) electrons. The van der Waals surface area contributed by atoms with Gasteiger partial charge in [-0.15, -0.1) is 10.2 Å². The Labute approximate surface area is 178 Å². The highest BCUT2D eigenvalue weighted by molar-refractivity contribution is 7.13. The molecule has 1 heterocycles. The first kappa shape index (κ1) is 21.0. The third kappa shape index (κ3) is 6.96. The van der Waals surface area contributed by atoms with E-state index < -0.39 is 0 Å². The maximum atomic E-state index is 12.2. The minimum Gasteiger partial charge on any atom is -0.356 e. The highest BCUT2D eigenvalue weighted by Crippen LogP contribution is 2.15. The molecular formula is C21H21ClN4O2S. The number of benzene rings is 2. The molecule has 0 saturated heterocycles. The van der Waals surface area contributed by atoms with Gasteiger partial charge in [-0.2, -0.15) is 0 Å². The highest BCUT2D eigenvalue weighted by atomic mass is 35.5. The van der Waals surface area contributed by atoms with Gasteiger partial charge in [0.15, 0.2) is 0 Å². The molecule has 0 aliphatic rings. The molecule has 2 N–H and O–H groups in total. The first-order valence-corrected chi connectivity index (χ1v) is 10.5.